The minimum atomic E-state index is 0.673. The Balaban J connectivity index is 1.22. The molecule has 5 heteroatoms. The molecule has 0 fully saturated rings. The van der Waals surface area contributed by atoms with Crippen molar-refractivity contribution in [3.05, 3.63) is 145 Å². The van der Waals surface area contributed by atoms with Crippen LogP contribution in [0.2, 0.25) is 0 Å². The predicted molar refractivity (Wildman–Crippen MR) is 186 cm³/mol. The highest BCUT2D eigenvalue weighted by molar-refractivity contribution is 7.26. The molecule has 1 aliphatic rings. The molecule has 0 spiro atoms. The van der Waals surface area contributed by atoms with E-state index in [0.717, 1.165) is 23.1 Å². The smallest absolute Gasteiger partial charge is 0.164 e. The number of aromatic nitrogens is 4. The van der Waals surface area contributed by atoms with Crippen molar-refractivity contribution in [2.24, 2.45) is 0 Å². The third kappa shape index (κ3) is 3.68. The Morgan fingerprint density at radius 3 is 1.87 bits per heavy atom. The molecule has 10 rings (SSSR count). The Kier molecular flexibility index (Phi) is 5.18. The summed E-state index contributed by atoms with van der Waals surface area (Å²) in [6.45, 7) is 0. The maximum atomic E-state index is 5.01. The van der Waals surface area contributed by atoms with Crippen molar-refractivity contribution < 1.29 is 0 Å². The molecule has 0 saturated heterocycles. The number of hydrogen-bond acceptors (Lipinski definition) is 4. The fraction of sp³-hybridized carbons (Fsp3) is 0.0250. The van der Waals surface area contributed by atoms with Crippen LogP contribution in [0.5, 0.6) is 0 Å². The normalized spacial score (nSPS) is 12.4. The topological polar surface area (TPSA) is 43.6 Å². The number of benzene rings is 6. The molecule has 9 aromatic rings. The monoisotopic (exact) mass is 592 g/mol. The Morgan fingerprint density at radius 1 is 0.467 bits per heavy atom. The van der Waals surface area contributed by atoms with E-state index >= 15 is 0 Å². The maximum Gasteiger partial charge on any atom is 0.164 e. The summed E-state index contributed by atoms with van der Waals surface area (Å²) in [4.78, 5) is 14.9. The van der Waals surface area contributed by atoms with Gasteiger partial charge in [0.1, 0.15) is 0 Å². The Bertz CT molecular complexity index is 2560. The van der Waals surface area contributed by atoms with E-state index < -0.39 is 0 Å². The van der Waals surface area contributed by atoms with Gasteiger partial charge in [0.15, 0.2) is 17.5 Å². The van der Waals surface area contributed by atoms with E-state index in [4.69, 9.17) is 15.0 Å². The maximum absolute atomic E-state index is 5.01. The van der Waals surface area contributed by atoms with E-state index in [9.17, 15) is 0 Å². The van der Waals surface area contributed by atoms with E-state index in [1.165, 1.54) is 58.8 Å². The van der Waals surface area contributed by atoms with Gasteiger partial charge in [-0.05, 0) is 41.5 Å². The molecule has 0 aliphatic carbocycles. The lowest BCUT2D eigenvalue weighted by molar-refractivity contribution is 1.04. The van der Waals surface area contributed by atoms with Crippen LogP contribution in [0, 0.1) is 0 Å². The molecule has 0 N–H and O–H groups in total. The summed E-state index contributed by atoms with van der Waals surface area (Å²) in [5, 5.41) is 5.27. The van der Waals surface area contributed by atoms with Crippen LogP contribution in [-0.4, -0.2) is 19.5 Å². The van der Waals surface area contributed by atoms with Crippen LogP contribution < -0.4 is 0 Å². The molecular formula is C40H24N4S. The van der Waals surface area contributed by atoms with Crippen LogP contribution >= 0.6 is 11.3 Å². The molecule has 45 heavy (non-hydrogen) atoms. The molecule has 0 bridgehead atoms. The number of nitrogens with zero attached hydrogens (tertiary/aromatic N) is 4. The van der Waals surface area contributed by atoms with E-state index in [1.54, 1.807) is 0 Å². The van der Waals surface area contributed by atoms with E-state index in [2.05, 4.69) is 102 Å². The summed E-state index contributed by atoms with van der Waals surface area (Å²) < 4.78 is 5.16. The van der Waals surface area contributed by atoms with E-state index in [-0.39, 0.29) is 0 Å². The zero-order valence-corrected chi connectivity index (χ0v) is 24.9. The first-order chi connectivity index (χ1) is 22.3. The first-order valence-electron chi connectivity index (χ1n) is 15.2. The molecule has 1 aliphatic heterocycles. The van der Waals surface area contributed by atoms with Crippen LogP contribution in [0.4, 0.5) is 0 Å². The molecule has 6 aromatic carbocycles. The van der Waals surface area contributed by atoms with Crippen LogP contribution in [0.3, 0.4) is 0 Å². The summed E-state index contributed by atoms with van der Waals surface area (Å²) in [5.41, 5.74) is 9.37. The zero-order valence-electron chi connectivity index (χ0n) is 24.1. The van der Waals surface area contributed by atoms with Crippen molar-refractivity contribution in [3.8, 4) is 39.9 Å². The van der Waals surface area contributed by atoms with Crippen molar-refractivity contribution in [3.63, 3.8) is 0 Å². The molecule has 0 saturated carbocycles. The molecule has 4 heterocycles. The fourth-order valence-corrected chi connectivity index (χ4v) is 8.15. The average Bonchev–Trinajstić information content (AvgIpc) is 3.66. The Labute approximate surface area is 262 Å². The van der Waals surface area contributed by atoms with Gasteiger partial charge in [-0.25, -0.2) is 15.0 Å². The summed E-state index contributed by atoms with van der Waals surface area (Å²) in [7, 11) is 0. The SMILES string of the molecule is c1ccc(-c2nc(-c3ccccc3)nc(-c3ccc4c(c3)Cc3cccc5c6ccc7sc8ccccc8c7c6n-4c35)n2)cc1. The van der Waals surface area contributed by atoms with Gasteiger partial charge in [-0.2, -0.15) is 0 Å². The fourth-order valence-electron chi connectivity index (χ4n) is 7.04. The highest BCUT2D eigenvalue weighted by Gasteiger charge is 2.25. The largest absolute Gasteiger partial charge is 0.308 e. The average molecular weight is 593 g/mol. The summed E-state index contributed by atoms with van der Waals surface area (Å²) in [6, 6.07) is 47.2. The van der Waals surface area contributed by atoms with Crippen LogP contribution in [0.15, 0.2) is 133 Å². The molecule has 0 amide bonds. The zero-order chi connectivity index (χ0) is 29.5. The highest BCUT2D eigenvalue weighted by atomic mass is 32.1. The quantitative estimate of drug-likeness (QED) is 0.205. The van der Waals surface area contributed by atoms with Gasteiger partial charge in [0.2, 0.25) is 0 Å². The van der Waals surface area contributed by atoms with Gasteiger partial charge in [0.25, 0.3) is 0 Å². The second-order valence-corrected chi connectivity index (χ2v) is 12.7. The third-order valence-electron chi connectivity index (χ3n) is 9.03. The van der Waals surface area contributed by atoms with Crippen molar-refractivity contribution in [1.82, 2.24) is 19.5 Å². The number of fused-ring (bicyclic) bond motifs is 9. The number of thiophene rings is 1. The summed E-state index contributed by atoms with van der Waals surface area (Å²) >= 11 is 1.87. The second-order valence-electron chi connectivity index (χ2n) is 11.6. The summed E-state index contributed by atoms with van der Waals surface area (Å²) in [6.07, 6.45) is 0.854. The van der Waals surface area contributed by atoms with Gasteiger partial charge in [-0.3, -0.25) is 0 Å². The summed E-state index contributed by atoms with van der Waals surface area (Å²) in [5.74, 6) is 2.03. The molecule has 0 radical (unpaired) electrons. The third-order valence-corrected chi connectivity index (χ3v) is 10.2. The number of hydrogen-bond donors (Lipinski definition) is 0. The molecule has 0 atom stereocenters. The first kappa shape index (κ1) is 24.8. The molecule has 0 unspecified atom stereocenters. The van der Waals surface area contributed by atoms with Crippen molar-refractivity contribution in [2.75, 3.05) is 0 Å². The van der Waals surface area contributed by atoms with Crippen molar-refractivity contribution >= 4 is 53.3 Å². The lowest BCUT2D eigenvalue weighted by atomic mass is 9.95. The lowest BCUT2D eigenvalue weighted by Gasteiger charge is -2.22. The minimum absolute atomic E-state index is 0.673. The standard InChI is InChI=1S/C40H24N4S/c1-3-10-24(11-4-1)38-41-39(25-12-5-2-6-13-25)43-40(42-38)27-18-20-32-28(23-27)22-26-14-9-16-29-30-19-21-34-35(37(30)44(32)36(26)29)31-15-7-8-17-33(31)45-34/h1-21,23H,22H2. The van der Waals surface area contributed by atoms with Crippen LogP contribution in [-0.2, 0) is 6.42 Å². The van der Waals surface area contributed by atoms with Gasteiger partial charge in [0.05, 0.1) is 11.0 Å². The van der Waals surface area contributed by atoms with Crippen LogP contribution in [0.25, 0.3) is 81.8 Å². The van der Waals surface area contributed by atoms with E-state index in [1.807, 2.05) is 47.7 Å². The lowest BCUT2D eigenvalue weighted by Crippen LogP contribution is -2.08. The number of para-hydroxylation sites is 1. The van der Waals surface area contributed by atoms with Gasteiger partial charge in [-0.15, -0.1) is 11.3 Å². The first-order valence-corrected chi connectivity index (χ1v) is 16.0. The van der Waals surface area contributed by atoms with Crippen LogP contribution in [0.1, 0.15) is 11.1 Å². The molecule has 210 valence electrons. The molecule has 4 nitrogen and oxygen atoms in total. The van der Waals surface area contributed by atoms with Gasteiger partial charge in [-0.1, -0.05) is 103 Å². The Morgan fingerprint density at radius 2 is 1.11 bits per heavy atom. The minimum Gasteiger partial charge on any atom is -0.308 e. The number of rotatable bonds is 3. The van der Waals surface area contributed by atoms with Crippen molar-refractivity contribution in [1.29, 1.82) is 0 Å². The molecule has 3 aromatic heterocycles. The van der Waals surface area contributed by atoms with Crippen molar-refractivity contribution in [2.45, 2.75) is 6.42 Å². The van der Waals surface area contributed by atoms with Gasteiger partial charge >= 0.3 is 0 Å². The van der Waals surface area contributed by atoms with E-state index in [0.29, 0.717) is 17.5 Å². The second kappa shape index (κ2) is 9.42. The Hall–Kier alpha value is -5.65. The molecular weight excluding hydrogens is 569 g/mol. The predicted octanol–water partition coefficient (Wildman–Crippen LogP) is 10.2. The van der Waals surface area contributed by atoms with Gasteiger partial charge < -0.3 is 4.57 Å². The van der Waals surface area contributed by atoms with Gasteiger partial charge in [0, 0.05) is 59.7 Å². The highest BCUT2D eigenvalue weighted by Crippen LogP contribution is 2.46.